The molecule has 158 valence electrons. The van der Waals surface area contributed by atoms with Gasteiger partial charge in [-0.25, -0.2) is 4.99 Å². The monoisotopic (exact) mass is 552 g/mol. The molecule has 7 heteroatoms. The average molecular weight is 553 g/mol. The average Bonchev–Trinajstić information content (AvgIpc) is 2.74. The molecule has 3 aromatic rings. The van der Waals surface area contributed by atoms with Crippen LogP contribution in [-0.4, -0.2) is 24.6 Å². The van der Waals surface area contributed by atoms with E-state index in [1.165, 1.54) is 5.69 Å². The van der Waals surface area contributed by atoms with E-state index in [2.05, 4.69) is 83.9 Å². The second-order valence-electron chi connectivity index (χ2n) is 7.33. The fraction of sp³-hybridized carbons (Fsp3) is 0.348. The quantitative estimate of drug-likeness (QED) is 0.270. The van der Waals surface area contributed by atoms with E-state index in [1.807, 2.05) is 6.92 Å². The number of nitrogens with one attached hydrogen (secondary N) is 1. The van der Waals surface area contributed by atoms with Gasteiger partial charge in [-0.3, -0.25) is 4.98 Å². The zero-order valence-corrected chi connectivity index (χ0v) is 21.5. The van der Waals surface area contributed by atoms with Crippen LogP contribution in [0, 0.1) is 15.0 Å². The highest BCUT2D eigenvalue weighted by atomic mass is 127. The Kier molecular flexibility index (Phi) is 6.55. The summed E-state index contributed by atoms with van der Waals surface area (Å²) < 4.78 is 2.23. The van der Waals surface area contributed by atoms with Crippen molar-refractivity contribution in [3.63, 3.8) is 0 Å². The highest BCUT2D eigenvalue weighted by Gasteiger charge is 2.23. The largest absolute Gasteiger partial charge is 0.382 e. The van der Waals surface area contributed by atoms with Crippen LogP contribution in [-0.2, 0) is 0 Å². The predicted molar refractivity (Wildman–Crippen MR) is 139 cm³/mol. The molecule has 0 radical (unpaired) electrons. The molecule has 2 heterocycles. The van der Waals surface area contributed by atoms with Gasteiger partial charge in [-0.2, -0.15) is 0 Å². The summed E-state index contributed by atoms with van der Waals surface area (Å²) in [7, 11) is 6.60. The lowest BCUT2D eigenvalue weighted by Gasteiger charge is -2.23. The van der Waals surface area contributed by atoms with Crippen LogP contribution in [0.25, 0.3) is 10.9 Å². The van der Waals surface area contributed by atoms with Gasteiger partial charge in [0.15, 0.2) is 0 Å². The smallest absolute Gasteiger partial charge is 0.0969 e. The summed E-state index contributed by atoms with van der Waals surface area (Å²) >= 11 is 2.42. The third kappa shape index (κ3) is 3.71. The van der Waals surface area contributed by atoms with E-state index in [1.54, 1.807) is 0 Å². The van der Waals surface area contributed by atoms with E-state index in [4.69, 9.17) is 20.7 Å². The molecule has 2 aromatic carbocycles. The molecule has 1 atom stereocenters. The van der Waals surface area contributed by atoms with Gasteiger partial charge in [0.25, 0.3) is 0 Å². The first kappa shape index (κ1) is 21.8. The summed E-state index contributed by atoms with van der Waals surface area (Å²) in [6.07, 6.45) is 1.05. The van der Waals surface area contributed by atoms with Gasteiger partial charge in [-0.05, 0) is 100 Å². The molecule has 1 unspecified atom stereocenters. The molecular formula is C23H26ClIN4S. The number of hydrogen-bond acceptors (Lipinski definition) is 4. The molecule has 1 aliphatic rings. The van der Waals surface area contributed by atoms with Crippen molar-refractivity contribution in [3.8, 4) is 0 Å². The normalized spacial score (nSPS) is 14.8. The zero-order chi connectivity index (χ0) is 21.4. The van der Waals surface area contributed by atoms with Crippen molar-refractivity contribution in [2.45, 2.75) is 39.0 Å². The van der Waals surface area contributed by atoms with E-state index in [0.717, 1.165) is 72.4 Å². The number of fused-ring (bicyclic) bond motifs is 4. The Morgan fingerprint density at radius 2 is 1.90 bits per heavy atom. The van der Waals surface area contributed by atoms with Crippen molar-refractivity contribution in [1.82, 2.24) is 4.98 Å². The lowest BCUT2D eigenvalue weighted by atomic mass is 10.1. The number of aryl methyl sites for hydroxylation is 1. The molecule has 1 aromatic heterocycles. The first-order chi connectivity index (χ1) is 14.5. The second-order valence-corrected chi connectivity index (χ2v) is 10.7. The Morgan fingerprint density at radius 1 is 1.13 bits per heavy atom. The van der Waals surface area contributed by atoms with Crippen LogP contribution in [0.2, 0.25) is 0 Å². The molecule has 0 bridgehead atoms. The number of benzene rings is 2. The fourth-order valence-corrected chi connectivity index (χ4v) is 7.72. The Hall–Kier alpha value is -1.38. The van der Waals surface area contributed by atoms with Gasteiger partial charge in [0.2, 0.25) is 0 Å². The molecule has 4 rings (SSSR count). The Labute approximate surface area is 198 Å². The number of hydrogen-bond donors (Lipinski definition) is 1. The summed E-state index contributed by atoms with van der Waals surface area (Å²) in [4.78, 5) is 13.4. The van der Waals surface area contributed by atoms with Gasteiger partial charge in [0.1, 0.15) is 0 Å². The summed E-state index contributed by atoms with van der Waals surface area (Å²) in [6, 6.07) is 10.7. The molecule has 0 saturated heterocycles. The molecule has 1 aliphatic heterocycles. The highest BCUT2D eigenvalue weighted by molar-refractivity contribution is 14.1. The molecule has 0 saturated carbocycles. The third-order valence-electron chi connectivity index (χ3n) is 5.39. The number of nitrogens with zero attached hydrogens (tertiary/aromatic N) is 3. The Morgan fingerprint density at radius 3 is 2.60 bits per heavy atom. The Bertz CT molecular complexity index is 1250. The van der Waals surface area contributed by atoms with Crippen LogP contribution in [0.1, 0.15) is 32.9 Å². The lowest BCUT2D eigenvalue weighted by molar-refractivity contribution is 0.865. The van der Waals surface area contributed by atoms with E-state index in [9.17, 15) is 0 Å². The van der Waals surface area contributed by atoms with Crippen molar-refractivity contribution in [1.29, 1.82) is 0 Å². The number of rotatable bonds is 6. The molecule has 0 amide bonds. The minimum absolute atomic E-state index is 0.583. The number of aromatic nitrogens is 1. The number of anilines is 2. The van der Waals surface area contributed by atoms with Crippen LogP contribution in [0.3, 0.4) is 0 Å². The fourth-order valence-electron chi connectivity index (χ4n) is 3.82. The first-order valence-corrected chi connectivity index (χ1v) is 13.5. The molecule has 0 fully saturated rings. The molecule has 0 aliphatic carbocycles. The van der Waals surface area contributed by atoms with Crippen LogP contribution in [0.4, 0.5) is 17.1 Å². The van der Waals surface area contributed by atoms with Crippen molar-refractivity contribution in [3.05, 3.63) is 49.5 Å². The Balaban J connectivity index is 2.05. The van der Waals surface area contributed by atoms with E-state index in [0.29, 0.717) is 0 Å². The van der Waals surface area contributed by atoms with Gasteiger partial charge in [-0.15, -0.1) is 0 Å². The van der Waals surface area contributed by atoms with E-state index >= 15 is 0 Å². The SMILES string of the molecule is CCCNc1c(I)c2c(c3ccc(C)nc13)N=c1ccc(N(CC)CC)cc1=S2Cl. The topological polar surface area (TPSA) is 40.5 Å². The summed E-state index contributed by atoms with van der Waals surface area (Å²) in [5.41, 5.74) is 5.22. The van der Waals surface area contributed by atoms with Gasteiger partial charge >= 0.3 is 0 Å². The minimum atomic E-state index is -0.583. The number of halogens is 2. The summed E-state index contributed by atoms with van der Waals surface area (Å²) in [5, 5.41) is 5.62. The minimum Gasteiger partial charge on any atom is -0.382 e. The molecule has 30 heavy (non-hydrogen) atoms. The van der Waals surface area contributed by atoms with Crippen molar-refractivity contribution in [2.75, 3.05) is 29.9 Å². The first-order valence-electron chi connectivity index (χ1n) is 10.4. The van der Waals surface area contributed by atoms with Gasteiger partial charge in [-0.1, -0.05) is 6.92 Å². The van der Waals surface area contributed by atoms with Crippen LogP contribution < -0.4 is 15.6 Å². The van der Waals surface area contributed by atoms with E-state index < -0.39 is 9.70 Å². The number of pyridine rings is 1. The maximum atomic E-state index is 7.18. The molecule has 0 spiro atoms. The maximum absolute atomic E-state index is 7.18. The summed E-state index contributed by atoms with van der Waals surface area (Å²) in [6.45, 7) is 11.4. The van der Waals surface area contributed by atoms with Crippen LogP contribution in [0.5, 0.6) is 0 Å². The molecule has 4 nitrogen and oxygen atoms in total. The van der Waals surface area contributed by atoms with Crippen molar-refractivity contribution >= 4 is 70.9 Å². The van der Waals surface area contributed by atoms with Crippen LogP contribution in [0.15, 0.2) is 40.2 Å². The summed E-state index contributed by atoms with van der Waals surface area (Å²) in [5.74, 6) is 0. The van der Waals surface area contributed by atoms with Gasteiger partial charge in [0, 0.05) is 40.9 Å². The van der Waals surface area contributed by atoms with Crippen LogP contribution >= 0.6 is 43.0 Å². The standard InChI is InChI=1S/C23H26ClIN4S/c1-5-12-26-22-19(25)23-21(16-10-8-14(4)27-20(16)22)28-17-11-9-15(29(6-2)7-3)13-18(17)30(23)24/h8-11,13,26H,5-7,12H2,1-4H3. The van der Waals surface area contributed by atoms with Gasteiger partial charge < -0.3 is 10.2 Å². The molecule has 1 N–H and O–H groups in total. The van der Waals surface area contributed by atoms with Crippen molar-refractivity contribution < 1.29 is 0 Å². The zero-order valence-electron chi connectivity index (χ0n) is 17.7. The van der Waals surface area contributed by atoms with E-state index in [-0.39, 0.29) is 0 Å². The van der Waals surface area contributed by atoms with Crippen molar-refractivity contribution in [2.24, 2.45) is 4.99 Å². The predicted octanol–water partition coefficient (Wildman–Crippen LogP) is 6.81. The lowest BCUT2D eigenvalue weighted by Crippen LogP contribution is -2.22. The second kappa shape index (κ2) is 9.01. The molecular weight excluding hydrogens is 527 g/mol. The maximum Gasteiger partial charge on any atom is 0.0969 e. The van der Waals surface area contributed by atoms with Gasteiger partial charge in [0.05, 0.1) is 30.7 Å². The third-order valence-corrected chi connectivity index (χ3v) is 9.26. The highest BCUT2D eigenvalue weighted by Crippen LogP contribution is 2.51.